The van der Waals surface area contributed by atoms with Crippen molar-refractivity contribution in [1.82, 2.24) is 14.7 Å². The highest BCUT2D eigenvalue weighted by molar-refractivity contribution is 5.77. The first-order valence-corrected chi connectivity index (χ1v) is 7.98. The van der Waals surface area contributed by atoms with Gasteiger partial charge in [0.1, 0.15) is 5.75 Å². The second kappa shape index (κ2) is 7.25. The molecule has 0 radical (unpaired) electrons. The maximum absolute atomic E-state index is 11.5. The number of hydrogen-bond acceptors (Lipinski definition) is 5. The van der Waals surface area contributed by atoms with E-state index in [4.69, 9.17) is 9.47 Å². The van der Waals surface area contributed by atoms with Crippen LogP contribution in [0.3, 0.4) is 0 Å². The maximum atomic E-state index is 11.5. The van der Waals surface area contributed by atoms with E-state index in [0.717, 1.165) is 36.8 Å². The topological polar surface area (TPSA) is 68.6 Å². The lowest BCUT2D eigenvalue weighted by molar-refractivity contribution is -0.130. The average molecular weight is 330 g/mol. The van der Waals surface area contributed by atoms with Gasteiger partial charge in [-0.05, 0) is 24.3 Å². The highest BCUT2D eigenvalue weighted by Gasteiger charge is 2.12. The summed E-state index contributed by atoms with van der Waals surface area (Å²) in [5.74, 6) is 1.44. The van der Waals surface area contributed by atoms with Crippen molar-refractivity contribution >= 4 is 11.6 Å². The number of amides is 1. The summed E-state index contributed by atoms with van der Waals surface area (Å²) >= 11 is 0. The van der Waals surface area contributed by atoms with Crippen LogP contribution < -0.4 is 14.8 Å². The minimum absolute atomic E-state index is 0.0417. The van der Waals surface area contributed by atoms with Gasteiger partial charge < -0.3 is 19.7 Å². The van der Waals surface area contributed by atoms with E-state index >= 15 is 0 Å². The summed E-state index contributed by atoms with van der Waals surface area (Å²) in [5.41, 5.74) is 1.91. The molecule has 1 aromatic heterocycles. The van der Waals surface area contributed by atoms with Crippen molar-refractivity contribution in [2.45, 2.75) is 19.5 Å². The third-order valence-corrected chi connectivity index (χ3v) is 3.75. The fraction of sp³-hybridized carbons (Fsp3) is 0.412. The largest absolute Gasteiger partial charge is 0.484 e. The number of nitrogens with one attached hydrogen (secondary N) is 1. The number of hydrogen-bond donors (Lipinski definition) is 1. The van der Waals surface area contributed by atoms with Gasteiger partial charge in [-0.2, -0.15) is 5.10 Å². The Hall–Kier alpha value is -2.70. The molecule has 7 nitrogen and oxygen atoms in total. The quantitative estimate of drug-likeness (QED) is 0.874. The van der Waals surface area contributed by atoms with E-state index in [1.54, 1.807) is 14.1 Å². The highest BCUT2D eigenvalue weighted by Crippen LogP contribution is 2.20. The van der Waals surface area contributed by atoms with Gasteiger partial charge in [0.2, 0.25) is 5.88 Å². The smallest absolute Gasteiger partial charge is 0.259 e. The zero-order valence-corrected chi connectivity index (χ0v) is 14.0. The van der Waals surface area contributed by atoms with Crippen molar-refractivity contribution < 1.29 is 14.3 Å². The molecule has 7 heteroatoms. The molecule has 24 heavy (non-hydrogen) atoms. The zero-order chi connectivity index (χ0) is 16.9. The minimum Gasteiger partial charge on any atom is -0.484 e. The van der Waals surface area contributed by atoms with Gasteiger partial charge in [-0.15, -0.1) is 0 Å². The second-order valence-corrected chi connectivity index (χ2v) is 5.85. The molecule has 0 unspecified atom stereocenters. The van der Waals surface area contributed by atoms with Crippen LogP contribution in [0.5, 0.6) is 11.6 Å². The first-order chi connectivity index (χ1) is 11.6. The maximum Gasteiger partial charge on any atom is 0.259 e. The van der Waals surface area contributed by atoms with Crippen molar-refractivity contribution in [2.24, 2.45) is 0 Å². The van der Waals surface area contributed by atoms with Crippen LogP contribution in [-0.4, -0.2) is 47.9 Å². The molecular weight excluding hydrogens is 308 g/mol. The minimum atomic E-state index is -0.0665. The van der Waals surface area contributed by atoms with Gasteiger partial charge in [-0.1, -0.05) is 0 Å². The number of benzene rings is 1. The number of aromatic nitrogens is 2. The Morgan fingerprint density at radius 3 is 2.88 bits per heavy atom. The van der Waals surface area contributed by atoms with Crippen LogP contribution >= 0.6 is 0 Å². The zero-order valence-electron chi connectivity index (χ0n) is 14.0. The lowest BCUT2D eigenvalue weighted by atomic mass is 10.3. The molecule has 0 spiro atoms. The molecule has 1 amide bonds. The molecule has 1 aliphatic rings. The Labute approximate surface area is 141 Å². The molecule has 2 heterocycles. The van der Waals surface area contributed by atoms with Crippen molar-refractivity contribution in [1.29, 1.82) is 0 Å². The molecule has 1 aliphatic heterocycles. The normalized spacial score (nSPS) is 12.9. The fourth-order valence-corrected chi connectivity index (χ4v) is 2.34. The monoisotopic (exact) mass is 330 g/mol. The summed E-state index contributed by atoms with van der Waals surface area (Å²) < 4.78 is 12.9. The van der Waals surface area contributed by atoms with Gasteiger partial charge in [0, 0.05) is 38.8 Å². The fourth-order valence-electron chi connectivity index (χ4n) is 2.34. The van der Waals surface area contributed by atoms with E-state index in [9.17, 15) is 4.79 Å². The molecule has 0 saturated carbocycles. The summed E-state index contributed by atoms with van der Waals surface area (Å²) in [6.07, 6.45) is 0.999. The highest BCUT2D eigenvalue weighted by atomic mass is 16.5. The van der Waals surface area contributed by atoms with E-state index in [0.29, 0.717) is 12.3 Å². The predicted molar refractivity (Wildman–Crippen MR) is 90.3 cm³/mol. The van der Waals surface area contributed by atoms with Crippen LogP contribution in [0.1, 0.15) is 12.1 Å². The molecule has 1 aromatic carbocycles. The number of anilines is 1. The summed E-state index contributed by atoms with van der Waals surface area (Å²) in [5, 5.41) is 7.83. The number of carbonyl (C=O) groups is 1. The Bertz CT molecular complexity index is 671. The Kier molecular flexibility index (Phi) is 4.88. The number of nitrogens with zero attached hydrogens (tertiary/aromatic N) is 3. The summed E-state index contributed by atoms with van der Waals surface area (Å²) in [7, 11) is 3.41. The van der Waals surface area contributed by atoms with Crippen LogP contribution in [-0.2, 0) is 17.9 Å². The van der Waals surface area contributed by atoms with Crippen molar-refractivity contribution in [3.63, 3.8) is 0 Å². The Morgan fingerprint density at radius 2 is 2.17 bits per heavy atom. The van der Waals surface area contributed by atoms with Crippen LogP contribution in [0, 0.1) is 0 Å². The van der Waals surface area contributed by atoms with E-state index < -0.39 is 0 Å². The molecule has 128 valence electrons. The van der Waals surface area contributed by atoms with Gasteiger partial charge >= 0.3 is 0 Å². The van der Waals surface area contributed by atoms with Crippen LogP contribution in [0.25, 0.3) is 0 Å². The van der Waals surface area contributed by atoms with E-state index in [-0.39, 0.29) is 12.5 Å². The molecule has 1 N–H and O–H groups in total. The lowest BCUT2D eigenvalue weighted by Crippen LogP contribution is -2.27. The standard InChI is InChI=1S/C17H22N4O3/c1-20(2)16(22)12-24-15-6-4-13(5-7-15)18-11-14-10-17-21(19-14)8-3-9-23-17/h4-7,10,18H,3,8-9,11-12H2,1-2H3. The Balaban J connectivity index is 1.51. The summed E-state index contributed by atoms with van der Waals surface area (Å²) in [6.45, 7) is 2.34. The van der Waals surface area contributed by atoms with E-state index in [1.807, 2.05) is 35.0 Å². The van der Waals surface area contributed by atoms with Crippen molar-refractivity contribution in [3.05, 3.63) is 36.0 Å². The van der Waals surface area contributed by atoms with Crippen LogP contribution in [0.4, 0.5) is 5.69 Å². The first kappa shape index (κ1) is 16.2. The third kappa shape index (κ3) is 3.98. The number of likely N-dealkylation sites (N-methyl/N-ethyl adjacent to an activating group) is 1. The number of fused-ring (bicyclic) bond motifs is 1. The number of aryl methyl sites for hydroxylation is 1. The molecule has 0 bridgehead atoms. The number of carbonyl (C=O) groups excluding carboxylic acids is 1. The molecule has 0 saturated heterocycles. The molecule has 0 aliphatic carbocycles. The Morgan fingerprint density at radius 1 is 1.38 bits per heavy atom. The van der Waals surface area contributed by atoms with E-state index in [2.05, 4.69) is 10.4 Å². The molecule has 0 atom stereocenters. The second-order valence-electron chi connectivity index (χ2n) is 5.85. The van der Waals surface area contributed by atoms with Gasteiger partial charge in [0.25, 0.3) is 5.91 Å². The molecule has 3 rings (SSSR count). The molecular formula is C17H22N4O3. The lowest BCUT2D eigenvalue weighted by Gasteiger charge is -2.13. The average Bonchev–Trinajstić information content (AvgIpc) is 3.01. The van der Waals surface area contributed by atoms with Crippen LogP contribution in [0.2, 0.25) is 0 Å². The van der Waals surface area contributed by atoms with Gasteiger partial charge in [-0.25, -0.2) is 4.68 Å². The number of ether oxygens (including phenoxy) is 2. The van der Waals surface area contributed by atoms with E-state index in [1.165, 1.54) is 4.90 Å². The van der Waals surface area contributed by atoms with Crippen molar-refractivity contribution in [3.8, 4) is 11.6 Å². The summed E-state index contributed by atoms with van der Waals surface area (Å²) in [4.78, 5) is 13.0. The first-order valence-electron chi connectivity index (χ1n) is 7.98. The van der Waals surface area contributed by atoms with Gasteiger partial charge in [0.15, 0.2) is 6.61 Å². The molecule has 2 aromatic rings. The molecule has 0 fully saturated rings. The third-order valence-electron chi connectivity index (χ3n) is 3.75. The van der Waals surface area contributed by atoms with Crippen LogP contribution in [0.15, 0.2) is 30.3 Å². The van der Waals surface area contributed by atoms with Crippen molar-refractivity contribution in [2.75, 3.05) is 32.6 Å². The SMILES string of the molecule is CN(C)C(=O)COc1ccc(NCc2cc3n(n2)CCCO3)cc1. The predicted octanol–water partition coefficient (Wildman–Crippen LogP) is 1.74. The number of rotatable bonds is 6. The van der Waals surface area contributed by atoms with Gasteiger partial charge in [-0.3, -0.25) is 4.79 Å². The summed E-state index contributed by atoms with van der Waals surface area (Å²) in [6, 6.07) is 9.49. The van der Waals surface area contributed by atoms with Gasteiger partial charge in [0.05, 0.1) is 18.8 Å².